The third kappa shape index (κ3) is 2.74. The second kappa shape index (κ2) is 7.81. The van der Waals surface area contributed by atoms with E-state index in [9.17, 15) is 14.4 Å². The van der Waals surface area contributed by atoms with E-state index in [4.69, 9.17) is 34.8 Å². The molecule has 4 heterocycles. The van der Waals surface area contributed by atoms with Crippen LogP contribution in [0.4, 0.5) is 11.4 Å². The summed E-state index contributed by atoms with van der Waals surface area (Å²) in [6.07, 6.45) is 1.44. The van der Waals surface area contributed by atoms with Gasteiger partial charge in [-0.3, -0.25) is 19.3 Å². The second-order valence-electron chi connectivity index (χ2n) is 10.1. The quantitative estimate of drug-likeness (QED) is 0.402. The molecule has 4 atom stereocenters. The lowest BCUT2D eigenvalue weighted by atomic mass is 9.60. The van der Waals surface area contributed by atoms with E-state index in [1.165, 1.54) is 6.07 Å². The number of anilines is 2. The van der Waals surface area contributed by atoms with Crippen molar-refractivity contribution < 1.29 is 14.4 Å². The maximum absolute atomic E-state index is 14.8. The molecule has 0 aliphatic carbocycles. The molecule has 4 aliphatic heterocycles. The van der Waals surface area contributed by atoms with Crippen LogP contribution in [0.15, 0.2) is 60.7 Å². The minimum Gasteiger partial charge on any atom is -0.325 e. The lowest BCUT2D eigenvalue weighted by Gasteiger charge is -2.38. The summed E-state index contributed by atoms with van der Waals surface area (Å²) in [4.78, 5) is 45.3. The number of rotatable bonds is 2. The van der Waals surface area contributed by atoms with Crippen molar-refractivity contribution in [3.05, 3.63) is 92.4 Å². The van der Waals surface area contributed by atoms with Crippen LogP contribution in [0.1, 0.15) is 34.3 Å². The first kappa shape index (κ1) is 23.2. The number of benzene rings is 3. The molecule has 9 heteroatoms. The summed E-state index contributed by atoms with van der Waals surface area (Å²) in [5.41, 5.74) is 0.0289. The van der Waals surface area contributed by atoms with E-state index < -0.39 is 16.9 Å². The molecule has 0 aromatic heterocycles. The van der Waals surface area contributed by atoms with Gasteiger partial charge < -0.3 is 10.6 Å². The van der Waals surface area contributed by atoms with E-state index in [2.05, 4.69) is 15.5 Å². The zero-order chi connectivity index (χ0) is 25.7. The first-order valence-electron chi connectivity index (χ1n) is 12.1. The van der Waals surface area contributed by atoms with Gasteiger partial charge in [0.05, 0.1) is 10.9 Å². The normalized spacial score (nSPS) is 29.4. The Morgan fingerprint density at radius 1 is 0.865 bits per heavy atom. The van der Waals surface area contributed by atoms with Gasteiger partial charge in [-0.2, -0.15) is 0 Å². The van der Waals surface area contributed by atoms with Crippen LogP contribution in [0.3, 0.4) is 0 Å². The molecule has 4 aliphatic rings. The van der Waals surface area contributed by atoms with E-state index in [-0.39, 0.29) is 34.2 Å². The van der Waals surface area contributed by atoms with Gasteiger partial charge in [0.15, 0.2) is 5.78 Å². The first-order valence-corrected chi connectivity index (χ1v) is 13.2. The van der Waals surface area contributed by atoms with Gasteiger partial charge in [-0.15, -0.1) is 0 Å². The van der Waals surface area contributed by atoms with Crippen molar-refractivity contribution in [2.45, 2.75) is 29.8 Å². The summed E-state index contributed by atoms with van der Waals surface area (Å²) in [6, 6.07) is 16.9. The van der Waals surface area contributed by atoms with E-state index >= 15 is 0 Å². The maximum atomic E-state index is 14.8. The van der Waals surface area contributed by atoms with Crippen LogP contribution < -0.4 is 10.6 Å². The Kier molecular flexibility index (Phi) is 4.90. The number of Topliss-reactive ketones (excluding diaryl/α,β-unsaturated/α-hetero) is 1. The summed E-state index contributed by atoms with van der Waals surface area (Å²) in [6.45, 7) is 0.555. The minimum atomic E-state index is -1.45. The van der Waals surface area contributed by atoms with Gasteiger partial charge in [0.25, 0.3) is 0 Å². The average Bonchev–Trinajstić information content (AvgIpc) is 3.58. The first-order chi connectivity index (χ1) is 17.8. The van der Waals surface area contributed by atoms with Crippen molar-refractivity contribution in [3.8, 4) is 0 Å². The lowest BCUT2D eigenvalue weighted by Crippen LogP contribution is -2.55. The number of ketones is 1. The summed E-state index contributed by atoms with van der Waals surface area (Å²) in [5, 5.41) is 7.03. The Morgan fingerprint density at radius 2 is 1.57 bits per heavy atom. The molecule has 37 heavy (non-hydrogen) atoms. The third-order valence-corrected chi connectivity index (χ3v) is 9.33. The van der Waals surface area contributed by atoms with Crippen molar-refractivity contribution in [1.29, 1.82) is 0 Å². The SMILES string of the molecule is O=C(c1ccc(Cl)cc1Cl)[C@@H]1[C@@]2(C(=O)Nc3ccccc32)[C@@H]2CCCN2[C@@]12C(=O)Nc1ccc(Cl)cc12. The Balaban J connectivity index is 1.60. The highest BCUT2D eigenvalue weighted by molar-refractivity contribution is 6.37. The van der Waals surface area contributed by atoms with Gasteiger partial charge in [0.1, 0.15) is 11.0 Å². The molecule has 3 aromatic rings. The van der Waals surface area contributed by atoms with E-state index in [0.29, 0.717) is 39.9 Å². The molecule has 2 amide bonds. The van der Waals surface area contributed by atoms with E-state index in [1.54, 1.807) is 30.3 Å². The molecule has 2 N–H and O–H groups in total. The predicted octanol–water partition coefficient (Wildman–Crippen LogP) is 5.66. The molecule has 186 valence electrons. The van der Waals surface area contributed by atoms with Gasteiger partial charge in [-0.05, 0) is 67.4 Å². The molecular weight excluding hydrogens is 533 g/mol. The fraction of sp³-hybridized carbons (Fsp3) is 0.250. The Hall–Kier alpha value is -2.90. The van der Waals surface area contributed by atoms with Gasteiger partial charge in [0.2, 0.25) is 11.8 Å². The molecule has 2 fully saturated rings. The zero-order valence-corrected chi connectivity index (χ0v) is 21.6. The van der Waals surface area contributed by atoms with Crippen molar-refractivity contribution in [3.63, 3.8) is 0 Å². The smallest absolute Gasteiger partial charge is 0.250 e. The molecule has 0 saturated carbocycles. The number of amides is 2. The highest BCUT2D eigenvalue weighted by atomic mass is 35.5. The maximum Gasteiger partial charge on any atom is 0.250 e. The molecule has 2 saturated heterocycles. The molecule has 0 bridgehead atoms. The van der Waals surface area contributed by atoms with Crippen molar-refractivity contribution in [1.82, 2.24) is 4.90 Å². The number of halogens is 3. The topological polar surface area (TPSA) is 78.5 Å². The fourth-order valence-corrected chi connectivity index (χ4v) is 8.04. The lowest BCUT2D eigenvalue weighted by molar-refractivity contribution is -0.128. The number of hydrogen-bond acceptors (Lipinski definition) is 4. The number of hydrogen-bond donors (Lipinski definition) is 2. The Bertz CT molecular complexity index is 1560. The number of fused-ring (bicyclic) bond motifs is 7. The highest BCUT2D eigenvalue weighted by Crippen LogP contribution is 2.66. The minimum absolute atomic E-state index is 0.172. The van der Waals surface area contributed by atoms with Crippen molar-refractivity contribution in [2.24, 2.45) is 5.92 Å². The van der Waals surface area contributed by atoms with Crippen molar-refractivity contribution >= 4 is 63.8 Å². The summed E-state index contributed by atoms with van der Waals surface area (Å²) in [5.74, 6) is -2.11. The van der Waals surface area contributed by atoms with Gasteiger partial charge >= 0.3 is 0 Å². The van der Waals surface area contributed by atoms with Crippen LogP contribution >= 0.6 is 34.8 Å². The number of para-hydroxylation sites is 1. The van der Waals surface area contributed by atoms with Gasteiger partial charge in [0, 0.05) is 38.6 Å². The Morgan fingerprint density at radius 3 is 2.38 bits per heavy atom. The van der Waals surface area contributed by atoms with E-state index in [0.717, 1.165) is 12.0 Å². The van der Waals surface area contributed by atoms with Crippen LogP contribution in [0.5, 0.6) is 0 Å². The fourth-order valence-electron chi connectivity index (χ4n) is 7.36. The molecule has 6 nitrogen and oxygen atoms in total. The second-order valence-corrected chi connectivity index (χ2v) is 11.3. The largest absolute Gasteiger partial charge is 0.325 e. The zero-order valence-electron chi connectivity index (χ0n) is 19.4. The van der Waals surface area contributed by atoms with E-state index in [1.807, 2.05) is 24.3 Å². The van der Waals surface area contributed by atoms with Crippen LogP contribution in [-0.4, -0.2) is 35.1 Å². The molecule has 0 radical (unpaired) electrons. The van der Waals surface area contributed by atoms with Crippen LogP contribution in [0.2, 0.25) is 15.1 Å². The standard InChI is InChI=1S/C28H20Cl3N3O3/c29-14-8-10-21-18(12-14)28(26(37)33-21)24(23(35)16-9-7-15(30)13-19(16)31)27(22-6-3-11-34(22)28)17-4-1-2-5-20(17)32-25(27)36/h1-2,4-5,7-10,12-13,22,24H,3,6,11H2,(H,32,36)(H,33,37)/t22-,24+,27-,28+/m0/s1. The summed E-state index contributed by atoms with van der Waals surface area (Å²) < 4.78 is 0. The highest BCUT2D eigenvalue weighted by Gasteiger charge is 2.78. The van der Waals surface area contributed by atoms with Crippen molar-refractivity contribution in [2.75, 3.05) is 17.2 Å². The monoisotopic (exact) mass is 551 g/mol. The summed E-state index contributed by atoms with van der Waals surface area (Å²) >= 11 is 19.2. The number of carbonyl (C=O) groups excluding carboxylic acids is 3. The third-order valence-electron chi connectivity index (χ3n) is 8.55. The molecule has 3 aromatic carbocycles. The molecular formula is C28H20Cl3N3O3. The van der Waals surface area contributed by atoms with Gasteiger partial charge in [-0.1, -0.05) is 53.0 Å². The predicted molar refractivity (Wildman–Crippen MR) is 143 cm³/mol. The van der Waals surface area contributed by atoms with Crippen LogP contribution in [0.25, 0.3) is 0 Å². The molecule has 2 spiro atoms. The van der Waals surface area contributed by atoms with Crippen LogP contribution in [0, 0.1) is 5.92 Å². The van der Waals surface area contributed by atoms with Crippen LogP contribution in [-0.2, 0) is 20.5 Å². The van der Waals surface area contributed by atoms with Gasteiger partial charge in [-0.25, -0.2) is 0 Å². The average molecular weight is 553 g/mol. The number of nitrogens with one attached hydrogen (secondary N) is 2. The molecule has 0 unspecified atom stereocenters. The molecule has 7 rings (SSSR count). The number of nitrogens with zero attached hydrogens (tertiary/aromatic N) is 1. The number of carbonyl (C=O) groups is 3. The summed E-state index contributed by atoms with van der Waals surface area (Å²) in [7, 11) is 0. The Labute approximate surface area is 227 Å².